The molecule has 0 atom stereocenters. The molecular weight excluding hydrogens is 366 g/mol. The number of hydrogen-bond acceptors (Lipinski definition) is 7. The summed E-state index contributed by atoms with van der Waals surface area (Å²) in [6.45, 7) is 0. The minimum atomic E-state index is -0.163. The predicted molar refractivity (Wildman–Crippen MR) is 103 cm³/mol. The lowest BCUT2D eigenvalue weighted by Gasteiger charge is -1.98. The van der Waals surface area contributed by atoms with Crippen LogP contribution in [0.15, 0.2) is 60.2 Å². The molecule has 0 unspecified atom stereocenters. The Morgan fingerprint density at radius 3 is 2.65 bits per heavy atom. The first-order chi connectivity index (χ1) is 12.8. The van der Waals surface area contributed by atoms with E-state index in [1.807, 2.05) is 47.8 Å². The van der Waals surface area contributed by atoms with E-state index in [1.165, 1.54) is 22.7 Å². The second-order valence-electron chi connectivity index (χ2n) is 5.39. The Morgan fingerprint density at radius 1 is 1.00 bits per heavy atom. The van der Waals surface area contributed by atoms with Gasteiger partial charge in [0, 0.05) is 28.9 Å². The van der Waals surface area contributed by atoms with Crippen molar-refractivity contribution in [3.05, 3.63) is 65.9 Å². The largest absolute Gasteiger partial charge is 0.300 e. The maximum absolute atomic E-state index is 12.3. The van der Waals surface area contributed by atoms with Gasteiger partial charge in [-0.15, -0.1) is 21.5 Å². The zero-order valence-electron chi connectivity index (χ0n) is 13.5. The first kappa shape index (κ1) is 16.5. The highest BCUT2D eigenvalue weighted by molar-refractivity contribution is 7.18. The van der Waals surface area contributed by atoms with Crippen LogP contribution in [-0.4, -0.2) is 26.1 Å². The number of carbonyl (C=O) groups is 1. The van der Waals surface area contributed by atoms with Gasteiger partial charge in [0.1, 0.15) is 5.01 Å². The van der Waals surface area contributed by atoms with E-state index < -0.39 is 0 Å². The molecule has 4 rings (SSSR count). The number of amides is 1. The van der Waals surface area contributed by atoms with Gasteiger partial charge in [0.15, 0.2) is 5.01 Å². The molecule has 26 heavy (non-hydrogen) atoms. The van der Waals surface area contributed by atoms with Crippen molar-refractivity contribution in [2.75, 3.05) is 5.32 Å². The molecule has 0 aliphatic carbocycles. The van der Waals surface area contributed by atoms with E-state index in [9.17, 15) is 4.79 Å². The van der Waals surface area contributed by atoms with Gasteiger partial charge in [-0.05, 0) is 12.1 Å². The summed E-state index contributed by atoms with van der Waals surface area (Å²) in [5.41, 5.74) is 2.66. The fraction of sp³-hybridized carbons (Fsp3) is 0.0556. The summed E-state index contributed by atoms with van der Waals surface area (Å²) >= 11 is 2.84. The lowest BCUT2D eigenvalue weighted by atomic mass is 10.2. The van der Waals surface area contributed by atoms with Crippen molar-refractivity contribution >= 4 is 33.7 Å². The quantitative estimate of drug-likeness (QED) is 0.569. The maximum atomic E-state index is 12.3. The average molecular weight is 379 g/mol. The number of rotatable bonds is 5. The fourth-order valence-electron chi connectivity index (χ4n) is 2.31. The van der Waals surface area contributed by atoms with Crippen molar-refractivity contribution in [2.45, 2.75) is 6.42 Å². The summed E-state index contributed by atoms with van der Waals surface area (Å²) in [6, 6.07) is 13.7. The lowest BCUT2D eigenvalue weighted by molar-refractivity contribution is -0.115. The second kappa shape index (κ2) is 7.51. The van der Waals surface area contributed by atoms with E-state index in [-0.39, 0.29) is 12.3 Å². The van der Waals surface area contributed by atoms with Gasteiger partial charge in [0.25, 0.3) is 0 Å². The number of nitrogens with zero attached hydrogens (tertiary/aromatic N) is 4. The molecule has 0 bridgehead atoms. The van der Waals surface area contributed by atoms with Crippen molar-refractivity contribution in [2.24, 2.45) is 0 Å². The molecule has 3 aromatic heterocycles. The van der Waals surface area contributed by atoms with Gasteiger partial charge in [-0.1, -0.05) is 41.7 Å². The van der Waals surface area contributed by atoms with Crippen LogP contribution in [0.5, 0.6) is 0 Å². The van der Waals surface area contributed by atoms with Gasteiger partial charge in [-0.3, -0.25) is 9.78 Å². The average Bonchev–Trinajstić information content (AvgIpc) is 3.33. The summed E-state index contributed by atoms with van der Waals surface area (Å²) in [5.74, 6) is -0.163. The third-order valence-electron chi connectivity index (χ3n) is 3.49. The Hall–Kier alpha value is -2.97. The second-order valence-corrected chi connectivity index (χ2v) is 7.22. The van der Waals surface area contributed by atoms with Crippen LogP contribution >= 0.6 is 22.7 Å². The van der Waals surface area contributed by atoms with Crippen molar-refractivity contribution in [1.82, 2.24) is 20.2 Å². The molecule has 1 N–H and O–H groups in total. The van der Waals surface area contributed by atoms with Gasteiger partial charge in [0.2, 0.25) is 11.0 Å². The number of anilines is 1. The van der Waals surface area contributed by atoms with E-state index in [4.69, 9.17) is 0 Å². The summed E-state index contributed by atoms with van der Waals surface area (Å²) in [5, 5.41) is 14.9. The number of benzene rings is 1. The smallest absolute Gasteiger partial charge is 0.232 e. The van der Waals surface area contributed by atoms with E-state index in [0.29, 0.717) is 10.1 Å². The van der Waals surface area contributed by atoms with Crippen LogP contribution < -0.4 is 5.32 Å². The maximum Gasteiger partial charge on any atom is 0.232 e. The van der Waals surface area contributed by atoms with Crippen LogP contribution in [0.2, 0.25) is 0 Å². The Labute approximate surface area is 157 Å². The van der Waals surface area contributed by atoms with E-state index in [2.05, 4.69) is 25.5 Å². The molecule has 4 aromatic rings. The number of hydrogen-bond donors (Lipinski definition) is 1. The topological polar surface area (TPSA) is 80.7 Å². The van der Waals surface area contributed by atoms with Crippen LogP contribution in [-0.2, 0) is 11.2 Å². The SMILES string of the molecule is O=C(Cc1csc(-c2ccccc2)n1)Nc1nnc(-c2cccnc2)s1. The highest BCUT2D eigenvalue weighted by Crippen LogP contribution is 2.26. The number of carbonyl (C=O) groups excluding carboxylic acids is 1. The number of thiazole rings is 1. The van der Waals surface area contributed by atoms with Crippen LogP contribution in [0, 0.1) is 0 Å². The van der Waals surface area contributed by atoms with Gasteiger partial charge in [-0.25, -0.2) is 4.98 Å². The molecule has 1 aromatic carbocycles. The number of aromatic nitrogens is 4. The van der Waals surface area contributed by atoms with Crippen LogP contribution in [0.3, 0.4) is 0 Å². The molecule has 0 saturated carbocycles. The standard InChI is InChI=1S/C18H13N5OS2/c24-15(9-14-11-25-16(20-14)12-5-2-1-3-6-12)21-18-23-22-17(26-18)13-7-4-8-19-10-13/h1-8,10-11H,9H2,(H,21,23,24). The predicted octanol–water partition coefficient (Wildman–Crippen LogP) is 3.90. The number of pyridine rings is 1. The molecule has 0 spiro atoms. The van der Waals surface area contributed by atoms with Crippen molar-refractivity contribution < 1.29 is 4.79 Å². The highest BCUT2D eigenvalue weighted by atomic mass is 32.1. The van der Waals surface area contributed by atoms with Crippen LogP contribution in [0.1, 0.15) is 5.69 Å². The summed E-state index contributed by atoms with van der Waals surface area (Å²) in [7, 11) is 0. The molecule has 0 saturated heterocycles. The molecule has 0 radical (unpaired) electrons. The van der Waals surface area contributed by atoms with Gasteiger partial charge >= 0.3 is 0 Å². The summed E-state index contributed by atoms with van der Waals surface area (Å²) in [4.78, 5) is 20.8. The molecule has 128 valence electrons. The molecule has 1 amide bonds. The van der Waals surface area contributed by atoms with Crippen LogP contribution in [0.4, 0.5) is 5.13 Å². The zero-order chi connectivity index (χ0) is 17.8. The highest BCUT2D eigenvalue weighted by Gasteiger charge is 2.12. The molecular formula is C18H13N5OS2. The molecule has 0 aliphatic rings. The van der Waals surface area contributed by atoms with Crippen molar-refractivity contribution in [3.8, 4) is 21.1 Å². The molecule has 8 heteroatoms. The Bertz CT molecular complexity index is 933. The molecule has 0 fully saturated rings. The van der Waals surface area contributed by atoms with Gasteiger partial charge in [-0.2, -0.15) is 0 Å². The zero-order valence-corrected chi connectivity index (χ0v) is 15.1. The fourth-order valence-corrected chi connectivity index (χ4v) is 3.88. The van der Waals surface area contributed by atoms with Gasteiger partial charge in [0.05, 0.1) is 12.1 Å². The van der Waals surface area contributed by atoms with E-state index in [0.717, 1.165) is 21.8 Å². The first-order valence-corrected chi connectivity index (χ1v) is 9.51. The lowest BCUT2D eigenvalue weighted by Crippen LogP contribution is -2.14. The monoisotopic (exact) mass is 379 g/mol. The van der Waals surface area contributed by atoms with E-state index >= 15 is 0 Å². The third kappa shape index (κ3) is 3.81. The molecule has 0 aliphatic heterocycles. The van der Waals surface area contributed by atoms with Crippen molar-refractivity contribution in [3.63, 3.8) is 0 Å². The molecule has 6 nitrogen and oxygen atoms in total. The molecule has 3 heterocycles. The Morgan fingerprint density at radius 2 is 1.85 bits per heavy atom. The van der Waals surface area contributed by atoms with Crippen molar-refractivity contribution in [1.29, 1.82) is 0 Å². The van der Waals surface area contributed by atoms with Crippen LogP contribution in [0.25, 0.3) is 21.1 Å². The number of nitrogens with one attached hydrogen (secondary N) is 1. The summed E-state index contributed by atoms with van der Waals surface area (Å²) < 4.78 is 0. The third-order valence-corrected chi connectivity index (χ3v) is 5.32. The van der Waals surface area contributed by atoms with Gasteiger partial charge < -0.3 is 5.32 Å². The Kier molecular flexibility index (Phi) is 4.76. The van der Waals surface area contributed by atoms with E-state index in [1.54, 1.807) is 12.4 Å². The summed E-state index contributed by atoms with van der Waals surface area (Å²) in [6.07, 6.45) is 3.61. The minimum Gasteiger partial charge on any atom is -0.300 e. The first-order valence-electron chi connectivity index (χ1n) is 7.81. The normalized spacial score (nSPS) is 10.6. The minimum absolute atomic E-state index is 0.163. The Balaban J connectivity index is 1.40.